The van der Waals surface area contributed by atoms with Crippen LogP contribution in [0.4, 0.5) is 0 Å². The second-order valence-corrected chi connectivity index (χ2v) is 2.83. The zero-order chi connectivity index (χ0) is 11.1. The summed E-state index contributed by atoms with van der Waals surface area (Å²) in [5, 5.41) is 13.3. The van der Waals surface area contributed by atoms with Crippen molar-refractivity contribution in [2.75, 3.05) is 13.1 Å². The molecule has 0 saturated heterocycles. The maximum Gasteiger partial charge on any atom is 0.315 e. The van der Waals surface area contributed by atoms with Crippen LogP contribution >= 0.6 is 0 Å². The number of carbonyl (C=O) groups excluding carboxylic acids is 2. The molecule has 1 atom stereocenters. The Labute approximate surface area is 81.7 Å². The molecule has 0 bridgehead atoms. The lowest BCUT2D eigenvalue weighted by Crippen LogP contribution is -2.38. The third-order valence-corrected chi connectivity index (χ3v) is 1.56. The lowest BCUT2D eigenvalue weighted by atomic mass is 10.2. The minimum absolute atomic E-state index is 0.189. The molecule has 0 spiro atoms. The Balaban J connectivity index is 3.64. The summed E-state index contributed by atoms with van der Waals surface area (Å²) in [5.74, 6) is -2.97. The van der Waals surface area contributed by atoms with Crippen molar-refractivity contribution < 1.29 is 19.5 Å². The molecule has 0 aliphatic heterocycles. The first-order valence-electron chi connectivity index (χ1n) is 4.20. The first kappa shape index (κ1) is 12.4. The molecule has 1 unspecified atom stereocenters. The molecule has 0 aromatic rings. The van der Waals surface area contributed by atoms with E-state index in [0.29, 0.717) is 6.54 Å². The van der Waals surface area contributed by atoms with Gasteiger partial charge in [-0.25, -0.2) is 0 Å². The van der Waals surface area contributed by atoms with Gasteiger partial charge >= 0.3 is 5.97 Å². The van der Waals surface area contributed by atoms with Gasteiger partial charge < -0.3 is 15.7 Å². The molecular weight excluding hydrogens is 188 g/mol. The highest BCUT2D eigenvalue weighted by Gasteiger charge is 2.19. The number of rotatable bonds is 5. The maximum absolute atomic E-state index is 11.0. The number of nitrogens with one attached hydrogen (secondary N) is 2. The van der Waals surface area contributed by atoms with E-state index in [1.807, 2.05) is 0 Å². The van der Waals surface area contributed by atoms with Crippen LogP contribution in [-0.2, 0) is 14.4 Å². The first-order chi connectivity index (χ1) is 6.45. The van der Waals surface area contributed by atoms with Gasteiger partial charge in [-0.15, -0.1) is 0 Å². The normalized spacial score (nSPS) is 11.6. The standard InChI is InChI=1S/C8H14N2O4/c1-5(8(13)14)7(12)10-4-3-9-6(2)11/h5H,3-4H2,1-2H3,(H,9,11)(H,10,12)(H,13,14). The first-order valence-corrected chi connectivity index (χ1v) is 4.20. The number of carbonyl (C=O) groups is 3. The SMILES string of the molecule is CC(=O)NCCNC(=O)C(C)C(=O)O. The van der Waals surface area contributed by atoms with Crippen LogP contribution in [0.5, 0.6) is 0 Å². The molecule has 0 radical (unpaired) electrons. The van der Waals surface area contributed by atoms with Crippen LogP contribution in [0.25, 0.3) is 0 Å². The van der Waals surface area contributed by atoms with Crippen LogP contribution in [0.3, 0.4) is 0 Å². The Hall–Kier alpha value is -1.59. The van der Waals surface area contributed by atoms with Crippen LogP contribution in [0.15, 0.2) is 0 Å². The molecule has 6 heteroatoms. The van der Waals surface area contributed by atoms with Crippen LogP contribution in [0, 0.1) is 5.92 Å². The third kappa shape index (κ3) is 5.13. The second kappa shape index (κ2) is 5.95. The van der Waals surface area contributed by atoms with Crippen molar-refractivity contribution in [3.05, 3.63) is 0 Å². The smallest absolute Gasteiger partial charge is 0.315 e. The van der Waals surface area contributed by atoms with E-state index in [-0.39, 0.29) is 12.5 Å². The summed E-state index contributed by atoms with van der Waals surface area (Å²) < 4.78 is 0. The van der Waals surface area contributed by atoms with Gasteiger partial charge in [0.25, 0.3) is 0 Å². The summed E-state index contributed by atoms with van der Waals surface area (Å²) in [7, 11) is 0. The van der Waals surface area contributed by atoms with Gasteiger partial charge in [0.1, 0.15) is 5.92 Å². The predicted octanol–water partition coefficient (Wildman–Crippen LogP) is -1.04. The monoisotopic (exact) mass is 202 g/mol. The van der Waals surface area contributed by atoms with E-state index in [1.54, 1.807) is 0 Å². The molecule has 0 fully saturated rings. The van der Waals surface area contributed by atoms with E-state index >= 15 is 0 Å². The lowest BCUT2D eigenvalue weighted by molar-refractivity contribution is -0.146. The van der Waals surface area contributed by atoms with E-state index in [9.17, 15) is 14.4 Å². The minimum atomic E-state index is -1.16. The topological polar surface area (TPSA) is 95.5 Å². The zero-order valence-electron chi connectivity index (χ0n) is 8.16. The number of carboxylic acids is 1. The highest BCUT2D eigenvalue weighted by atomic mass is 16.4. The molecule has 2 amide bonds. The maximum atomic E-state index is 11.0. The average molecular weight is 202 g/mol. The fourth-order valence-electron chi connectivity index (χ4n) is 0.689. The van der Waals surface area contributed by atoms with Crippen molar-refractivity contribution in [1.29, 1.82) is 0 Å². The molecule has 80 valence electrons. The van der Waals surface area contributed by atoms with Gasteiger partial charge in [-0.1, -0.05) is 0 Å². The average Bonchev–Trinajstić information content (AvgIpc) is 2.10. The minimum Gasteiger partial charge on any atom is -0.481 e. The van der Waals surface area contributed by atoms with Crippen molar-refractivity contribution in [1.82, 2.24) is 10.6 Å². The fraction of sp³-hybridized carbons (Fsp3) is 0.625. The molecule has 0 heterocycles. The molecule has 0 saturated carbocycles. The highest BCUT2D eigenvalue weighted by molar-refractivity contribution is 5.96. The molecule has 6 nitrogen and oxygen atoms in total. The molecule has 0 aliphatic carbocycles. The quantitative estimate of drug-likeness (QED) is 0.392. The second-order valence-electron chi connectivity index (χ2n) is 2.83. The molecule has 0 aromatic carbocycles. The Morgan fingerprint density at radius 2 is 1.71 bits per heavy atom. The predicted molar refractivity (Wildman–Crippen MR) is 48.5 cm³/mol. The van der Waals surface area contributed by atoms with Crippen LogP contribution in [0.2, 0.25) is 0 Å². The Bertz CT molecular complexity index is 239. The van der Waals surface area contributed by atoms with E-state index < -0.39 is 17.8 Å². The number of amides is 2. The van der Waals surface area contributed by atoms with Crippen molar-refractivity contribution in [2.45, 2.75) is 13.8 Å². The van der Waals surface area contributed by atoms with Crippen molar-refractivity contribution in [2.24, 2.45) is 5.92 Å². The number of hydrogen-bond donors (Lipinski definition) is 3. The highest BCUT2D eigenvalue weighted by Crippen LogP contribution is 1.92. The Morgan fingerprint density at radius 1 is 1.21 bits per heavy atom. The third-order valence-electron chi connectivity index (χ3n) is 1.56. The van der Waals surface area contributed by atoms with Crippen molar-refractivity contribution in [3.8, 4) is 0 Å². The summed E-state index contributed by atoms with van der Waals surface area (Å²) >= 11 is 0. The van der Waals surface area contributed by atoms with Gasteiger partial charge in [0.15, 0.2) is 0 Å². The van der Waals surface area contributed by atoms with E-state index in [4.69, 9.17) is 5.11 Å². The van der Waals surface area contributed by atoms with E-state index in [2.05, 4.69) is 10.6 Å². The summed E-state index contributed by atoms with van der Waals surface area (Å²) in [6, 6.07) is 0. The van der Waals surface area contributed by atoms with E-state index in [1.165, 1.54) is 13.8 Å². The number of hydrogen-bond acceptors (Lipinski definition) is 3. The summed E-state index contributed by atoms with van der Waals surface area (Å²) in [6.45, 7) is 3.20. The van der Waals surface area contributed by atoms with Crippen LogP contribution in [-0.4, -0.2) is 36.0 Å². The summed E-state index contributed by atoms with van der Waals surface area (Å²) in [5.41, 5.74) is 0. The van der Waals surface area contributed by atoms with Gasteiger partial charge in [0, 0.05) is 20.0 Å². The zero-order valence-corrected chi connectivity index (χ0v) is 8.16. The summed E-state index contributed by atoms with van der Waals surface area (Å²) in [6.07, 6.45) is 0. The van der Waals surface area contributed by atoms with Gasteiger partial charge in [-0.3, -0.25) is 14.4 Å². The van der Waals surface area contributed by atoms with Gasteiger partial charge in [-0.05, 0) is 6.92 Å². The molecule has 0 aromatic heterocycles. The molecular formula is C8H14N2O4. The summed E-state index contributed by atoms with van der Waals surface area (Å²) in [4.78, 5) is 31.8. The van der Waals surface area contributed by atoms with E-state index in [0.717, 1.165) is 0 Å². The Kier molecular flexibility index (Phi) is 5.28. The molecule has 14 heavy (non-hydrogen) atoms. The lowest BCUT2D eigenvalue weighted by Gasteiger charge is -2.07. The molecule has 0 rings (SSSR count). The van der Waals surface area contributed by atoms with Crippen LogP contribution in [0.1, 0.15) is 13.8 Å². The fourth-order valence-corrected chi connectivity index (χ4v) is 0.689. The molecule has 3 N–H and O–H groups in total. The van der Waals surface area contributed by atoms with Crippen LogP contribution < -0.4 is 10.6 Å². The number of carboxylic acid groups (broad SMARTS) is 1. The van der Waals surface area contributed by atoms with Gasteiger partial charge in [-0.2, -0.15) is 0 Å². The van der Waals surface area contributed by atoms with Crippen molar-refractivity contribution >= 4 is 17.8 Å². The molecule has 0 aliphatic rings. The largest absolute Gasteiger partial charge is 0.481 e. The Morgan fingerprint density at radius 3 is 2.14 bits per heavy atom. The van der Waals surface area contributed by atoms with Crippen molar-refractivity contribution in [3.63, 3.8) is 0 Å². The van der Waals surface area contributed by atoms with Gasteiger partial charge in [0.05, 0.1) is 0 Å². The van der Waals surface area contributed by atoms with Gasteiger partial charge in [0.2, 0.25) is 11.8 Å². The number of aliphatic carboxylic acids is 1.